The number of rotatable bonds is 4. The lowest BCUT2D eigenvalue weighted by Crippen LogP contribution is -2.22. The van der Waals surface area contributed by atoms with Gasteiger partial charge in [-0.3, -0.25) is 4.21 Å². The standard InChI is InChI=1S/C9H15ClN4OS/c1-5(16(3)15)4-12-8-7(11)6(2)13-9(10)14-8/h5H,4,11H2,1-3H3,(H,12,13,14). The van der Waals surface area contributed by atoms with Crippen LogP contribution in [0.3, 0.4) is 0 Å². The molecule has 1 aromatic rings. The molecule has 1 rings (SSSR count). The third kappa shape index (κ3) is 3.31. The molecule has 3 N–H and O–H groups in total. The van der Waals surface area contributed by atoms with Crippen LogP contribution in [0.25, 0.3) is 0 Å². The summed E-state index contributed by atoms with van der Waals surface area (Å²) < 4.78 is 11.2. The van der Waals surface area contributed by atoms with Crippen molar-refractivity contribution in [3.8, 4) is 0 Å². The first-order valence-corrected chi connectivity index (χ1v) is 6.77. The van der Waals surface area contributed by atoms with Crippen LogP contribution in [-0.2, 0) is 10.8 Å². The van der Waals surface area contributed by atoms with Crippen LogP contribution in [0.5, 0.6) is 0 Å². The minimum atomic E-state index is -0.881. The maximum Gasteiger partial charge on any atom is 0.224 e. The van der Waals surface area contributed by atoms with Crippen molar-refractivity contribution in [1.82, 2.24) is 9.97 Å². The third-order valence-electron chi connectivity index (χ3n) is 2.23. The van der Waals surface area contributed by atoms with Crippen molar-refractivity contribution in [2.24, 2.45) is 0 Å². The van der Waals surface area contributed by atoms with E-state index in [2.05, 4.69) is 15.3 Å². The minimum absolute atomic E-state index is 0.0217. The third-order valence-corrected chi connectivity index (χ3v) is 3.70. The van der Waals surface area contributed by atoms with Gasteiger partial charge in [0.1, 0.15) is 0 Å². The molecule has 1 heterocycles. The van der Waals surface area contributed by atoms with E-state index in [0.717, 1.165) is 0 Å². The average Bonchev–Trinajstić information content (AvgIpc) is 2.20. The molecule has 0 aliphatic heterocycles. The Hall–Kier alpha value is -0.880. The van der Waals surface area contributed by atoms with Gasteiger partial charge in [-0.15, -0.1) is 0 Å². The summed E-state index contributed by atoms with van der Waals surface area (Å²) >= 11 is 5.72. The smallest absolute Gasteiger partial charge is 0.224 e. The number of anilines is 2. The number of aryl methyl sites for hydroxylation is 1. The van der Waals surface area contributed by atoms with Gasteiger partial charge < -0.3 is 11.1 Å². The highest BCUT2D eigenvalue weighted by molar-refractivity contribution is 7.84. The van der Waals surface area contributed by atoms with Gasteiger partial charge in [-0.25, -0.2) is 4.98 Å². The van der Waals surface area contributed by atoms with Gasteiger partial charge >= 0.3 is 0 Å². The fourth-order valence-electron chi connectivity index (χ4n) is 1.04. The van der Waals surface area contributed by atoms with Crippen molar-refractivity contribution in [1.29, 1.82) is 0 Å². The van der Waals surface area contributed by atoms with Crippen LogP contribution in [0, 0.1) is 6.92 Å². The average molecular weight is 263 g/mol. The first kappa shape index (κ1) is 13.2. The summed E-state index contributed by atoms with van der Waals surface area (Å²) in [6.07, 6.45) is 1.66. The summed E-state index contributed by atoms with van der Waals surface area (Å²) in [5, 5.41) is 3.20. The van der Waals surface area contributed by atoms with Crippen molar-refractivity contribution in [2.75, 3.05) is 23.9 Å². The Morgan fingerprint density at radius 1 is 1.56 bits per heavy atom. The van der Waals surface area contributed by atoms with Crippen LogP contribution in [0.1, 0.15) is 12.6 Å². The molecule has 0 amide bonds. The largest absolute Gasteiger partial charge is 0.394 e. The number of hydrogen-bond donors (Lipinski definition) is 2. The quantitative estimate of drug-likeness (QED) is 0.797. The fraction of sp³-hybridized carbons (Fsp3) is 0.556. The lowest BCUT2D eigenvalue weighted by Gasteiger charge is -2.13. The molecule has 2 unspecified atom stereocenters. The Bertz CT molecular complexity index is 413. The number of hydrogen-bond acceptors (Lipinski definition) is 5. The van der Waals surface area contributed by atoms with E-state index in [1.54, 1.807) is 13.2 Å². The van der Waals surface area contributed by atoms with E-state index in [9.17, 15) is 4.21 Å². The Kier molecular flexibility index (Phi) is 4.49. The number of halogens is 1. The Morgan fingerprint density at radius 2 is 2.19 bits per heavy atom. The van der Waals surface area contributed by atoms with Crippen LogP contribution in [0.2, 0.25) is 5.28 Å². The molecule has 0 radical (unpaired) electrons. The van der Waals surface area contributed by atoms with Gasteiger partial charge in [-0.05, 0) is 25.4 Å². The maximum atomic E-state index is 11.2. The van der Waals surface area contributed by atoms with Crippen LogP contribution in [0.4, 0.5) is 11.5 Å². The van der Waals surface area contributed by atoms with Crippen LogP contribution >= 0.6 is 11.6 Å². The van der Waals surface area contributed by atoms with E-state index in [4.69, 9.17) is 17.3 Å². The molecule has 0 aliphatic carbocycles. The van der Waals surface area contributed by atoms with Crippen LogP contribution in [0.15, 0.2) is 0 Å². The van der Waals surface area contributed by atoms with Gasteiger partial charge in [-0.2, -0.15) is 4.98 Å². The SMILES string of the molecule is Cc1nc(Cl)nc(NCC(C)S(C)=O)c1N. The summed E-state index contributed by atoms with van der Waals surface area (Å²) in [5.74, 6) is 0.495. The molecule has 5 nitrogen and oxygen atoms in total. The molecule has 1 aromatic heterocycles. The molecule has 16 heavy (non-hydrogen) atoms. The number of nitrogens with one attached hydrogen (secondary N) is 1. The summed E-state index contributed by atoms with van der Waals surface area (Å²) in [6.45, 7) is 4.17. The highest BCUT2D eigenvalue weighted by atomic mass is 35.5. The molecule has 0 saturated carbocycles. The van der Waals surface area contributed by atoms with Crippen LogP contribution < -0.4 is 11.1 Å². The van der Waals surface area contributed by atoms with Gasteiger partial charge in [0, 0.05) is 28.9 Å². The summed E-state index contributed by atoms with van der Waals surface area (Å²) in [6, 6.07) is 0. The number of nitrogens with two attached hydrogens (primary N) is 1. The van der Waals surface area contributed by atoms with Crippen molar-refractivity contribution < 1.29 is 4.21 Å². The Labute approximate surface area is 102 Å². The zero-order valence-electron chi connectivity index (χ0n) is 9.45. The highest BCUT2D eigenvalue weighted by Crippen LogP contribution is 2.20. The molecule has 0 spiro atoms. The second-order valence-electron chi connectivity index (χ2n) is 3.53. The van der Waals surface area contributed by atoms with E-state index in [-0.39, 0.29) is 10.5 Å². The molecule has 0 bridgehead atoms. The number of nitrogen functional groups attached to an aromatic ring is 1. The predicted molar refractivity (Wildman–Crippen MR) is 68.2 cm³/mol. The number of nitrogens with zero attached hydrogens (tertiary/aromatic N) is 2. The van der Waals surface area contributed by atoms with Gasteiger partial charge in [0.05, 0.1) is 11.4 Å². The highest BCUT2D eigenvalue weighted by Gasteiger charge is 2.10. The van der Waals surface area contributed by atoms with E-state index in [0.29, 0.717) is 23.7 Å². The second kappa shape index (κ2) is 5.45. The van der Waals surface area contributed by atoms with Gasteiger partial charge in [0.15, 0.2) is 5.82 Å². The molecular weight excluding hydrogens is 248 g/mol. The van der Waals surface area contributed by atoms with Gasteiger partial charge in [0.25, 0.3) is 0 Å². The second-order valence-corrected chi connectivity index (χ2v) is 5.67. The lowest BCUT2D eigenvalue weighted by atomic mass is 10.3. The molecule has 0 aromatic carbocycles. The first-order valence-electron chi connectivity index (χ1n) is 4.77. The molecular formula is C9H15ClN4OS. The molecule has 2 atom stereocenters. The Balaban J connectivity index is 2.78. The van der Waals surface area contributed by atoms with Crippen molar-refractivity contribution in [2.45, 2.75) is 19.1 Å². The molecule has 0 fully saturated rings. The van der Waals surface area contributed by atoms with Crippen molar-refractivity contribution in [3.63, 3.8) is 0 Å². The van der Waals surface area contributed by atoms with Gasteiger partial charge in [-0.1, -0.05) is 0 Å². The van der Waals surface area contributed by atoms with E-state index in [1.165, 1.54) is 0 Å². The molecule has 7 heteroatoms. The zero-order valence-corrected chi connectivity index (χ0v) is 11.0. The monoisotopic (exact) mass is 262 g/mol. The molecule has 0 saturated heterocycles. The molecule has 0 aliphatic rings. The predicted octanol–water partition coefficient (Wildman–Crippen LogP) is 1.20. The zero-order chi connectivity index (χ0) is 12.3. The normalized spacial score (nSPS) is 14.5. The topological polar surface area (TPSA) is 80.9 Å². The Morgan fingerprint density at radius 3 is 2.75 bits per heavy atom. The van der Waals surface area contributed by atoms with E-state index >= 15 is 0 Å². The first-order chi connectivity index (χ1) is 7.41. The lowest BCUT2D eigenvalue weighted by molar-refractivity contribution is 0.679. The fourth-order valence-corrected chi connectivity index (χ4v) is 1.57. The van der Waals surface area contributed by atoms with Crippen molar-refractivity contribution >= 4 is 33.9 Å². The van der Waals surface area contributed by atoms with E-state index in [1.807, 2.05) is 6.92 Å². The minimum Gasteiger partial charge on any atom is -0.394 e. The number of aromatic nitrogens is 2. The maximum absolute atomic E-state index is 11.2. The van der Waals surface area contributed by atoms with Gasteiger partial charge in [0.2, 0.25) is 5.28 Å². The van der Waals surface area contributed by atoms with Crippen LogP contribution in [-0.4, -0.2) is 32.2 Å². The van der Waals surface area contributed by atoms with Crippen molar-refractivity contribution in [3.05, 3.63) is 11.0 Å². The summed E-state index contributed by atoms with van der Waals surface area (Å²) in [7, 11) is -0.881. The summed E-state index contributed by atoms with van der Waals surface area (Å²) in [5.41, 5.74) is 6.89. The van der Waals surface area contributed by atoms with E-state index < -0.39 is 10.8 Å². The molecule has 90 valence electrons. The summed E-state index contributed by atoms with van der Waals surface area (Å²) in [4.78, 5) is 7.91.